The molecule has 0 amide bonds. The number of nitriles is 1. The van der Waals surface area contributed by atoms with Crippen molar-refractivity contribution in [3.05, 3.63) is 130 Å². The second kappa shape index (κ2) is 9.12. The van der Waals surface area contributed by atoms with Crippen LogP contribution in [0.4, 0.5) is 5.69 Å². The minimum atomic E-state index is -0.266. The quantitative estimate of drug-likeness (QED) is 0.162. The van der Waals surface area contributed by atoms with Gasteiger partial charge in [-0.25, -0.2) is 24.9 Å². The summed E-state index contributed by atoms with van der Waals surface area (Å²) in [5.41, 5.74) is 4.76. The van der Waals surface area contributed by atoms with Crippen LogP contribution in [-0.4, -0.2) is 24.9 Å². The Morgan fingerprint density at radius 1 is 0.923 bits per heavy atom. The summed E-state index contributed by atoms with van der Waals surface area (Å²) in [7, 11) is 1.86. The number of benzene rings is 3. The molecule has 0 N–H and O–H groups in total. The lowest BCUT2D eigenvalue weighted by atomic mass is 10.0. The van der Waals surface area contributed by atoms with E-state index in [1.807, 2.05) is 64.7 Å². The average molecular weight is 504 g/mol. The van der Waals surface area contributed by atoms with Crippen molar-refractivity contribution in [3.8, 4) is 23.1 Å². The molecule has 0 radical (unpaired) electrons. The standard InChI is InChI=1S/C31H17N7O/c1-33-20-15-13-19(14-16-20)29-36-31-30(37(29)3)35-26(38(31)21-9-5-4-6-10-21)17-24-27(25(18-32)34-2)22-11-7-8-12-23(22)28(24)39/h4-17H,3H3/b24-17-,27-25-. The van der Waals surface area contributed by atoms with Gasteiger partial charge in [-0.2, -0.15) is 0 Å². The van der Waals surface area contributed by atoms with Gasteiger partial charge in [0.25, 0.3) is 5.70 Å². The lowest BCUT2D eigenvalue weighted by Crippen LogP contribution is -2.02. The van der Waals surface area contributed by atoms with Crippen LogP contribution in [0.3, 0.4) is 0 Å². The van der Waals surface area contributed by atoms with Gasteiger partial charge in [-0.05, 0) is 23.8 Å². The van der Waals surface area contributed by atoms with Crippen LogP contribution in [0.2, 0.25) is 0 Å². The maximum Gasteiger partial charge on any atom is 0.270 e. The van der Waals surface area contributed by atoms with Crippen LogP contribution < -0.4 is 0 Å². The number of nitrogens with zero attached hydrogens (tertiary/aromatic N) is 7. The topological polar surface area (TPSA) is 85.2 Å². The lowest BCUT2D eigenvalue weighted by Gasteiger charge is -2.08. The minimum absolute atomic E-state index is 0.148. The van der Waals surface area contributed by atoms with Gasteiger partial charge >= 0.3 is 0 Å². The molecule has 1 aliphatic rings. The molecule has 0 unspecified atom stereocenters. The van der Waals surface area contributed by atoms with Crippen molar-refractivity contribution in [1.82, 2.24) is 19.1 Å². The fourth-order valence-corrected chi connectivity index (χ4v) is 4.85. The number of Topliss-reactive ketones (excluding diaryl/α,β-unsaturated/α-hetero) is 1. The zero-order chi connectivity index (χ0) is 27.1. The van der Waals surface area contributed by atoms with Crippen molar-refractivity contribution in [2.24, 2.45) is 7.05 Å². The molecule has 8 heteroatoms. The molecule has 3 aromatic carbocycles. The zero-order valence-electron chi connectivity index (χ0n) is 20.6. The van der Waals surface area contributed by atoms with Gasteiger partial charge in [-0.15, -0.1) is 0 Å². The first kappa shape index (κ1) is 23.4. The number of hydrogen-bond acceptors (Lipinski definition) is 4. The SMILES string of the molecule is [C-]#[N+]/C(C#N)=C1\C(=C\c2nc3c(nc(-c4ccc([N+]#[C-])cc4)n3C)n2-c2ccccc2)C(=O)c2ccccc21. The summed E-state index contributed by atoms with van der Waals surface area (Å²) < 4.78 is 3.72. The van der Waals surface area contributed by atoms with Crippen molar-refractivity contribution in [3.63, 3.8) is 0 Å². The molecule has 5 aromatic rings. The number of ketones is 1. The maximum absolute atomic E-state index is 13.5. The van der Waals surface area contributed by atoms with E-state index in [4.69, 9.17) is 23.1 Å². The summed E-state index contributed by atoms with van der Waals surface area (Å²) in [6.45, 7) is 14.8. The van der Waals surface area contributed by atoms with Crippen LogP contribution in [0, 0.1) is 24.5 Å². The number of para-hydroxylation sites is 1. The molecular weight excluding hydrogens is 486 g/mol. The Morgan fingerprint density at radius 2 is 1.62 bits per heavy atom. The van der Waals surface area contributed by atoms with Crippen LogP contribution in [0.5, 0.6) is 0 Å². The third kappa shape index (κ3) is 3.62. The molecule has 0 spiro atoms. The second-order valence-corrected chi connectivity index (χ2v) is 8.82. The Labute approximate surface area is 223 Å². The molecule has 0 fully saturated rings. The highest BCUT2D eigenvalue weighted by Gasteiger charge is 2.33. The predicted molar refractivity (Wildman–Crippen MR) is 147 cm³/mol. The highest BCUT2D eigenvalue weighted by Crippen LogP contribution is 2.40. The number of carbonyl (C=O) groups excluding carboxylic acids is 1. The predicted octanol–water partition coefficient (Wildman–Crippen LogP) is 6.41. The Morgan fingerprint density at radius 3 is 2.28 bits per heavy atom. The summed E-state index contributed by atoms with van der Waals surface area (Å²) in [5, 5.41) is 9.69. The molecule has 0 saturated carbocycles. The number of allylic oxidation sites excluding steroid dienone is 3. The molecule has 6 rings (SSSR count). The van der Waals surface area contributed by atoms with Crippen molar-refractivity contribution >= 4 is 34.4 Å². The van der Waals surface area contributed by atoms with E-state index < -0.39 is 0 Å². The maximum atomic E-state index is 13.5. The molecule has 2 aromatic heterocycles. The third-order valence-electron chi connectivity index (χ3n) is 6.66. The van der Waals surface area contributed by atoms with Gasteiger partial charge in [-0.3, -0.25) is 9.36 Å². The number of fused-ring (bicyclic) bond motifs is 2. The van der Waals surface area contributed by atoms with Crippen LogP contribution in [0.25, 0.3) is 49.7 Å². The first-order valence-electron chi connectivity index (χ1n) is 11.9. The lowest BCUT2D eigenvalue weighted by molar-refractivity contribution is 0.104. The van der Waals surface area contributed by atoms with Crippen molar-refractivity contribution in [1.29, 1.82) is 5.26 Å². The highest BCUT2D eigenvalue weighted by atomic mass is 16.1. The van der Waals surface area contributed by atoms with Gasteiger partial charge in [-0.1, -0.05) is 66.7 Å². The fraction of sp³-hybridized carbons (Fsp3) is 0.0323. The van der Waals surface area contributed by atoms with Crippen LogP contribution in [-0.2, 0) is 7.05 Å². The van der Waals surface area contributed by atoms with Crippen LogP contribution in [0.1, 0.15) is 21.7 Å². The van der Waals surface area contributed by atoms with E-state index in [1.54, 1.807) is 42.5 Å². The molecule has 0 atom stereocenters. The van der Waals surface area contributed by atoms with Crippen LogP contribution in [0.15, 0.2) is 90.1 Å². The molecular formula is C31H17N7O. The van der Waals surface area contributed by atoms with E-state index in [0.717, 1.165) is 11.3 Å². The van der Waals surface area contributed by atoms with E-state index in [2.05, 4.69) is 9.69 Å². The Bertz CT molecular complexity index is 1990. The zero-order valence-corrected chi connectivity index (χ0v) is 20.6. The number of rotatable bonds is 3. The van der Waals surface area contributed by atoms with Gasteiger partial charge < -0.3 is 4.57 Å². The monoisotopic (exact) mass is 503 g/mol. The van der Waals surface area contributed by atoms with Gasteiger partial charge in [0.2, 0.25) is 0 Å². The normalized spacial score (nSPS) is 14.6. The van der Waals surface area contributed by atoms with Crippen molar-refractivity contribution in [2.75, 3.05) is 0 Å². The molecule has 2 heterocycles. The van der Waals surface area contributed by atoms with Gasteiger partial charge in [0.15, 0.2) is 22.8 Å². The summed E-state index contributed by atoms with van der Waals surface area (Å²) >= 11 is 0. The summed E-state index contributed by atoms with van der Waals surface area (Å²) in [5.74, 6) is 0.856. The highest BCUT2D eigenvalue weighted by molar-refractivity contribution is 6.29. The first-order valence-corrected chi connectivity index (χ1v) is 11.9. The summed E-state index contributed by atoms with van der Waals surface area (Å²) in [6.07, 6.45) is 1.64. The Hall–Kier alpha value is -6.04. The van der Waals surface area contributed by atoms with E-state index in [0.29, 0.717) is 45.3 Å². The molecule has 182 valence electrons. The Balaban J connectivity index is 1.61. The second-order valence-electron chi connectivity index (χ2n) is 8.82. The van der Waals surface area contributed by atoms with Gasteiger partial charge in [0, 0.05) is 35.0 Å². The minimum Gasteiger partial charge on any atom is -0.310 e. The number of aromatic nitrogens is 4. The molecule has 0 aliphatic heterocycles. The van der Waals surface area contributed by atoms with E-state index in [1.165, 1.54) is 0 Å². The Kier molecular flexibility index (Phi) is 5.46. The molecule has 8 nitrogen and oxygen atoms in total. The van der Waals surface area contributed by atoms with Gasteiger partial charge in [0.05, 0.1) is 19.2 Å². The number of imidazole rings is 2. The fourth-order valence-electron chi connectivity index (χ4n) is 4.85. The molecule has 0 saturated heterocycles. The van der Waals surface area contributed by atoms with E-state index in [9.17, 15) is 10.1 Å². The average Bonchev–Trinajstić information content (AvgIpc) is 3.59. The smallest absolute Gasteiger partial charge is 0.270 e. The molecule has 39 heavy (non-hydrogen) atoms. The van der Waals surface area contributed by atoms with Crippen molar-refractivity contribution < 1.29 is 4.79 Å². The number of aryl methyl sites for hydroxylation is 1. The van der Waals surface area contributed by atoms with E-state index >= 15 is 0 Å². The van der Waals surface area contributed by atoms with Crippen molar-refractivity contribution in [2.45, 2.75) is 0 Å². The molecule has 0 bridgehead atoms. The largest absolute Gasteiger partial charge is 0.310 e. The summed E-state index contributed by atoms with van der Waals surface area (Å²) in [6, 6.07) is 25.7. The van der Waals surface area contributed by atoms with Crippen LogP contribution >= 0.6 is 0 Å². The summed E-state index contributed by atoms with van der Waals surface area (Å²) in [4.78, 5) is 30.2. The number of carbonyl (C=O) groups is 1. The third-order valence-corrected chi connectivity index (χ3v) is 6.66. The van der Waals surface area contributed by atoms with E-state index in [-0.39, 0.29) is 17.1 Å². The first-order chi connectivity index (χ1) is 19.0. The number of hydrogen-bond donors (Lipinski definition) is 0. The molecule has 1 aliphatic carbocycles. The van der Waals surface area contributed by atoms with Gasteiger partial charge in [0.1, 0.15) is 11.6 Å².